The topological polar surface area (TPSA) is 4.93 Å². The van der Waals surface area contributed by atoms with Crippen LogP contribution in [0, 0.1) is 0 Å². The van der Waals surface area contributed by atoms with Gasteiger partial charge in [0.2, 0.25) is 0 Å². The monoisotopic (exact) mass is 525 g/mol. The average molecular weight is 526 g/mol. The molecule has 9 rings (SSSR count). The van der Waals surface area contributed by atoms with Gasteiger partial charge in [0.15, 0.2) is 0 Å². The number of benzene rings is 7. The number of para-hydroxylation sites is 1. The Labute approximate surface area is 236 Å². The Morgan fingerprint density at radius 2 is 1.20 bits per heavy atom. The minimum atomic E-state index is 1.19. The lowest BCUT2D eigenvalue weighted by molar-refractivity contribution is 1.19. The molecule has 0 bridgehead atoms. The van der Waals surface area contributed by atoms with E-state index in [1.54, 1.807) is 0 Å². The molecular weight excluding hydrogens is 502 g/mol. The van der Waals surface area contributed by atoms with Gasteiger partial charge in [0, 0.05) is 31.6 Å². The van der Waals surface area contributed by atoms with Gasteiger partial charge in [-0.25, -0.2) is 0 Å². The highest BCUT2D eigenvalue weighted by Crippen LogP contribution is 2.49. The van der Waals surface area contributed by atoms with Crippen LogP contribution in [-0.2, 0) is 0 Å². The summed E-state index contributed by atoms with van der Waals surface area (Å²) in [5.74, 6) is 0. The normalized spacial score (nSPS) is 12.4. The molecule has 1 aliphatic rings. The van der Waals surface area contributed by atoms with Crippen LogP contribution < -0.4 is 0 Å². The third kappa shape index (κ3) is 3.11. The largest absolute Gasteiger partial charge is 0.309 e. The molecule has 1 aromatic heterocycles. The number of rotatable bonds is 2. The van der Waals surface area contributed by atoms with Crippen molar-refractivity contribution in [3.63, 3.8) is 0 Å². The summed E-state index contributed by atoms with van der Waals surface area (Å²) in [5, 5.41) is 7.75. The van der Waals surface area contributed by atoms with Crippen LogP contribution in [0.15, 0.2) is 149 Å². The Bertz CT molecular complexity index is 2310. The second kappa shape index (κ2) is 8.35. The summed E-state index contributed by atoms with van der Waals surface area (Å²) in [5.41, 5.74) is 8.85. The molecule has 0 unspecified atom stereocenters. The minimum Gasteiger partial charge on any atom is -0.309 e. The highest BCUT2D eigenvalue weighted by molar-refractivity contribution is 7.99. The Morgan fingerprint density at radius 1 is 0.425 bits per heavy atom. The summed E-state index contributed by atoms with van der Waals surface area (Å²) in [4.78, 5) is 2.67. The fourth-order valence-corrected chi connectivity index (χ4v) is 7.70. The molecule has 1 nitrogen and oxygen atoms in total. The molecule has 0 spiro atoms. The van der Waals surface area contributed by atoms with E-state index in [2.05, 4.69) is 144 Å². The molecule has 0 radical (unpaired) electrons. The third-order valence-electron chi connectivity index (χ3n) is 8.37. The van der Waals surface area contributed by atoms with Crippen LogP contribution in [0.5, 0.6) is 0 Å². The van der Waals surface area contributed by atoms with E-state index in [0.29, 0.717) is 0 Å². The van der Waals surface area contributed by atoms with Crippen LogP contribution in [0.1, 0.15) is 0 Å². The quantitative estimate of drug-likeness (QED) is 0.217. The molecule has 0 N–H and O–H groups in total. The van der Waals surface area contributed by atoms with Gasteiger partial charge in [-0.05, 0) is 80.9 Å². The van der Waals surface area contributed by atoms with Crippen molar-refractivity contribution >= 4 is 55.1 Å². The number of nitrogens with zero attached hydrogens (tertiary/aromatic N) is 1. The molecule has 8 aromatic rings. The van der Waals surface area contributed by atoms with Gasteiger partial charge < -0.3 is 4.57 Å². The van der Waals surface area contributed by atoms with E-state index >= 15 is 0 Å². The maximum Gasteiger partial charge on any atom is 0.0541 e. The zero-order valence-corrected chi connectivity index (χ0v) is 22.5. The first-order valence-corrected chi connectivity index (χ1v) is 14.5. The molecule has 0 atom stereocenters. The second-order valence-corrected chi connectivity index (χ2v) is 11.6. The highest BCUT2D eigenvalue weighted by atomic mass is 32.2. The second-order valence-electron chi connectivity index (χ2n) is 10.6. The van der Waals surface area contributed by atoms with Crippen LogP contribution in [0.3, 0.4) is 0 Å². The van der Waals surface area contributed by atoms with Gasteiger partial charge in [-0.1, -0.05) is 109 Å². The molecule has 0 saturated carbocycles. The van der Waals surface area contributed by atoms with Crippen molar-refractivity contribution in [3.8, 4) is 27.9 Å². The van der Waals surface area contributed by atoms with Crippen LogP contribution >= 0.6 is 11.8 Å². The van der Waals surface area contributed by atoms with Gasteiger partial charge in [-0.3, -0.25) is 0 Å². The first-order chi connectivity index (χ1) is 19.8. The molecule has 1 aliphatic heterocycles. The van der Waals surface area contributed by atoms with Crippen molar-refractivity contribution in [3.05, 3.63) is 140 Å². The van der Waals surface area contributed by atoms with Crippen molar-refractivity contribution < 1.29 is 0 Å². The van der Waals surface area contributed by atoms with E-state index in [-0.39, 0.29) is 0 Å². The molecule has 0 aliphatic carbocycles. The Balaban J connectivity index is 1.29. The number of hydrogen-bond donors (Lipinski definition) is 0. The minimum absolute atomic E-state index is 1.19. The van der Waals surface area contributed by atoms with Gasteiger partial charge in [0.1, 0.15) is 0 Å². The molecule has 40 heavy (non-hydrogen) atoms. The maximum absolute atomic E-state index is 2.41. The maximum atomic E-state index is 2.41. The average Bonchev–Trinajstić information content (AvgIpc) is 3.35. The number of fused-ring (bicyclic) bond motifs is 6. The van der Waals surface area contributed by atoms with Crippen LogP contribution in [-0.4, -0.2) is 4.57 Å². The highest BCUT2D eigenvalue weighted by Gasteiger charge is 2.21. The van der Waals surface area contributed by atoms with Crippen molar-refractivity contribution in [2.24, 2.45) is 0 Å². The van der Waals surface area contributed by atoms with Gasteiger partial charge in [-0.15, -0.1) is 0 Å². The smallest absolute Gasteiger partial charge is 0.0541 e. The molecule has 2 heterocycles. The van der Waals surface area contributed by atoms with Crippen LogP contribution in [0.4, 0.5) is 0 Å². The van der Waals surface area contributed by atoms with Gasteiger partial charge in [0.05, 0.1) is 11.0 Å². The van der Waals surface area contributed by atoms with E-state index < -0.39 is 0 Å². The van der Waals surface area contributed by atoms with E-state index in [0.717, 1.165) is 0 Å². The molecule has 7 aromatic carbocycles. The van der Waals surface area contributed by atoms with Crippen molar-refractivity contribution in [1.82, 2.24) is 4.57 Å². The summed E-state index contributed by atoms with van der Waals surface area (Å²) < 4.78 is 2.41. The molecule has 0 fully saturated rings. The van der Waals surface area contributed by atoms with Crippen molar-refractivity contribution in [2.45, 2.75) is 9.79 Å². The van der Waals surface area contributed by atoms with Gasteiger partial charge >= 0.3 is 0 Å². The Kier molecular flexibility index (Phi) is 4.61. The molecule has 0 amide bonds. The lowest BCUT2D eigenvalue weighted by Gasteiger charge is -2.21. The number of aromatic nitrogens is 1. The SMILES string of the molecule is c1ccc2c(c1)Sc1ccc(-c3ccc4c(c3)c3ccccc3n4-c3ccc4ccccc4c3)c3cccc-2c13. The van der Waals surface area contributed by atoms with Crippen molar-refractivity contribution in [2.75, 3.05) is 0 Å². The lowest BCUT2D eigenvalue weighted by atomic mass is 9.92. The summed E-state index contributed by atoms with van der Waals surface area (Å²) >= 11 is 1.88. The summed E-state index contributed by atoms with van der Waals surface area (Å²) in [6, 6.07) is 51.3. The van der Waals surface area contributed by atoms with Gasteiger partial charge in [0.25, 0.3) is 0 Å². The summed E-state index contributed by atoms with van der Waals surface area (Å²) in [6.45, 7) is 0. The Hall–Kier alpha value is -4.79. The van der Waals surface area contributed by atoms with E-state index in [4.69, 9.17) is 0 Å². The number of hydrogen-bond acceptors (Lipinski definition) is 1. The predicted molar refractivity (Wildman–Crippen MR) is 171 cm³/mol. The lowest BCUT2D eigenvalue weighted by Crippen LogP contribution is -1.94. The van der Waals surface area contributed by atoms with Crippen molar-refractivity contribution in [1.29, 1.82) is 0 Å². The standard InChI is InChI=1S/C38H23NS/c1-2-9-25-22-27(18-16-24(25)8-1)39-34-14-5-3-10-29(34)33-23-26(17-20-35(33)39)28-19-21-37-38-31(28)12-7-13-32(38)30-11-4-6-15-36(30)40-37/h1-23H. The van der Waals surface area contributed by atoms with E-state index in [9.17, 15) is 0 Å². The van der Waals surface area contributed by atoms with Crippen LogP contribution in [0.25, 0.3) is 71.3 Å². The van der Waals surface area contributed by atoms with E-state index in [1.807, 2.05) is 11.8 Å². The first-order valence-electron chi connectivity index (χ1n) is 13.7. The fourth-order valence-electron chi connectivity index (χ4n) is 6.57. The predicted octanol–water partition coefficient (Wildman–Crippen LogP) is 10.9. The fraction of sp³-hybridized carbons (Fsp3) is 0. The van der Waals surface area contributed by atoms with Crippen LogP contribution in [0.2, 0.25) is 0 Å². The first kappa shape index (κ1) is 22.1. The summed E-state index contributed by atoms with van der Waals surface area (Å²) in [6.07, 6.45) is 0. The van der Waals surface area contributed by atoms with E-state index in [1.165, 1.54) is 81.1 Å². The molecule has 2 heteroatoms. The zero-order chi connectivity index (χ0) is 26.2. The zero-order valence-electron chi connectivity index (χ0n) is 21.6. The molecule has 186 valence electrons. The summed E-state index contributed by atoms with van der Waals surface area (Å²) in [7, 11) is 0. The Morgan fingerprint density at radius 3 is 2.17 bits per heavy atom. The molecule has 0 saturated heterocycles. The van der Waals surface area contributed by atoms with Gasteiger partial charge in [-0.2, -0.15) is 0 Å². The molecular formula is C38H23NS. The third-order valence-corrected chi connectivity index (χ3v) is 9.51.